The highest BCUT2D eigenvalue weighted by Crippen LogP contribution is 2.43. The molecule has 3 aromatic heterocycles. The van der Waals surface area contributed by atoms with Gasteiger partial charge in [0.25, 0.3) is 5.56 Å². The maximum atomic E-state index is 12.8. The van der Waals surface area contributed by atoms with Gasteiger partial charge in [-0.3, -0.25) is 4.79 Å². The van der Waals surface area contributed by atoms with Crippen LogP contribution in [0.3, 0.4) is 0 Å². The Morgan fingerprint density at radius 1 is 0.667 bits per heavy atom. The zero-order valence-corrected chi connectivity index (χ0v) is 28.4. The fraction of sp³-hybridized carbons (Fsp3) is 0.140. The van der Waals surface area contributed by atoms with Crippen molar-refractivity contribution in [1.29, 1.82) is 0 Å². The number of nitrogens with zero attached hydrogens (tertiary/aromatic N) is 7. The molecule has 0 radical (unpaired) electrons. The standard InChI is InChI=1S/C43H37N7O/c1-2-3-21-37-30-41(51)49-40(28-29-44-49)48(37)31-32-24-26-33(27-25-32)38-22-13-14-23-39(38)42-45-46-47-50(42)43(34-15-7-4-8-16-34,35-17-9-5-10-18-35)36-19-11-6-12-20-36/h4-20,22-30H,2-3,21,31H2,1H3. The molecule has 8 rings (SSSR count). The Hall–Kier alpha value is -6.41. The number of benzene rings is 5. The van der Waals surface area contributed by atoms with E-state index in [1.807, 2.05) is 35.0 Å². The van der Waals surface area contributed by atoms with Crippen LogP contribution in [0.5, 0.6) is 0 Å². The Bertz CT molecular complexity index is 2350. The average Bonchev–Trinajstić information content (AvgIpc) is 3.89. The average molecular weight is 668 g/mol. The summed E-state index contributed by atoms with van der Waals surface area (Å²) in [6.45, 7) is 2.79. The smallest absolute Gasteiger partial charge is 0.274 e. The van der Waals surface area contributed by atoms with Crippen LogP contribution in [0.2, 0.25) is 0 Å². The number of fused-ring (bicyclic) bond motifs is 1. The molecule has 5 aromatic carbocycles. The van der Waals surface area contributed by atoms with E-state index in [1.165, 1.54) is 4.52 Å². The minimum atomic E-state index is -0.856. The van der Waals surface area contributed by atoms with Crippen molar-refractivity contribution in [1.82, 2.24) is 34.4 Å². The van der Waals surface area contributed by atoms with Gasteiger partial charge >= 0.3 is 0 Å². The minimum absolute atomic E-state index is 0.0949. The van der Waals surface area contributed by atoms with E-state index in [9.17, 15) is 4.79 Å². The van der Waals surface area contributed by atoms with Gasteiger partial charge in [-0.05, 0) is 56.6 Å². The summed E-state index contributed by atoms with van der Waals surface area (Å²) in [7, 11) is 0. The molecule has 8 aromatic rings. The summed E-state index contributed by atoms with van der Waals surface area (Å²) in [5.41, 5.74) is 8.13. The number of rotatable bonds is 11. The lowest BCUT2D eigenvalue weighted by Crippen LogP contribution is -2.39. The van der Waals surface area contributed by atoms with Crippen LogP contribution in [0.25, 0.3) is 28.2 Å². The number of hydrogen-bond donors (Lipinski definition) is 0. The molecule has 0 atom stereocenters. The van der Waals surface area contributed by atoms with E-state index in [0.29, 0.717) is 12.4 Å². The molecule has 250 valence electrons. The molecule has 0 unspecified atom stereocenters. The summed E-state index contributed by atoms with van der Waals surface area (Å²) < 4.78 is 5.66. The van der Waals surface area contributed by atoms with Crippen LogP contribution in [-0.2, 0) is 18.5 Å². The first-order chi connectivity index (χ1) is 25.2. The Balaban J connectivity index is 1.23. The second-order valence-electron chi connectivity index (χ2n) is 12.7. The van der Waals surface area contributed by atoms with Gasteiger partial charge in [0.1, 0.15) is 11.2 Å². The molecule has 0 fully saturated rings. The van der Waals surface area contributed by atoms with Crippen LogP contribution in [0, 0.1) is 0 Å². The maximum Gasteiger partial charge on any atom is 0.274 e. The Morgan fingerprint density at radius 2 is 1.25 bits per heavy atom. The van der Waals surface area contributed by atoms with Crippen molar-refractivity contribution in [2.24, 2.45) is 0 Å². The molecule has 0 bridgehead atoms. The topological polar surface area (TPSA) is 82.9 Å². The highest BCUT2D eigenvalue weighted by Gasteiger charge is 2.42. The lowest BCUT2D eigenvalue weighted by Gasteiger charge is -2.36. The molecule has 8 heteroatoms. The summed E-state index contributed by atoms with van der Waals surface area (Å²) >= 11 is 0. The van der Waals surface area contributed by atoms with Gasteiger partial charge in [0.15, 0.2) is 5.82 Å². The van der Waals surface area contributed by atoms with Gasteiger partial charge in [-0.2, -0.15) is 9.61 Å². The number of tetrazole rings is 1. The third-order valence-electron chi connectivity index (χ3n) is 9.67. The molecule has 0 aliphatic rings. The number of aryl methyl sites for hydroxylation is 1. The van der Waals surface area contributed by atoms with Crippen molar-refractivity contribution in [3.63, 3.8) is 0 Å². The molecule has 0 N–H and O–H groups in total. The van der Waals surface area contributed by atoms with Gasteiger partial charge in [0, 0.05) is 29.9 Å². The second kappa shape index (κ2) is 13.8. The predicted octanol–water partition coefficient (Wildman–Crippen LogP) is 8.05. The first-order valence-electron chi connectivity index (χ1n) is 17.4. The largest absolute Gasteiger partial charge is 0.325 e. The quantitative estimate of drug-likeness (QED) is 0.130. The monoisotopic (exact) mass is 667 g/mol. The summed E-state index contributed by atoms with van der Waals surface area (Å²) in [6.07, 6.45) is 4.59. The minimum Gasteiger partial charge on any atom is -0.325 e. The van der Waals surface area contributed by atoms with E-state index < -0.39 is 5.54 Å². The molecule has 0 spiro atoms. The number of aromatic nitrogens is 7. The van der Waals surface area contributed by atoms with Gasteiger partial charge in [0.05, 0.1) is 6.20 Å². The normalized spacial score (nSPS) is 11.6. The van der Waals surface area contributed by atoms with Crippen molar-refractivity contribution in [2.75, 3.05) is 0 Å². The molecule has 0 aliphatic carbocycles. The van der Waals surface area contributed by atoms with Gasteiger partial charge < -0.3 is 4.57 Å². The summed E-state index contributed by atoms with van der Waals surface area (Å²) in [5.74, 6) is 0.656. The Kier molecular flexibility index (Phi) is 8.64. The van der Waals surface area contributed by atoms with E-state index in [1.54, 1.807) is 12.3 Å². The molecular weight excluding hydrogens is 631 g/mol. The first-order valence-corrected chi connectivity index (χ1v) is 17.4. The maximum absolute atomic E-state index is 12.8. The summed E-state index contributed by atoms with van der Waals surface area (Å²) in [6, 6.07) is 51.9. The lowest BCUT2D eigenvalue weighted by molar-refractivity contribution is 0.451. The fourth-order valence-corrected chi connectivity index (χ4v) is 7.23. The van der Waals surface area contributed by atoms with Crippen LogP contribution in [-0.4, -0.2) is 34.4 Å². The summed E-state index contributed by atoms with van der Waals surface area (Å²) in [5, 5.41) is 18.1. The molecular formula is C43H37N7O. The van der Waals surface area contributed by atoms with E-state index in [0.717, 1.165) is 69.5 Å². The summed E-state index contributed by atoms with van der Waals surface area (Å²) in [4.78, 5) is 12.8. The van der Waals surface area contributed by atoms with Crippen LogP contribution in [0.1, 0.15) is 47.7 Å². The first kappa shape index (κ1) is 31.8. The highest BCUT2D eigenvalue weighted by atomic mass is 16.1. The molecule has 0 saturated heterocycles. The highest BCUT2D eigenvalue weighted by molar-refractivity contribution is 5.81. The fourth-order valence-electron chi connectivity index (χ4n) is 7.23. The van der Waals surface area contributed by atoms with Crippen LogP contribution >= 0.6 is 0 Å². The van der Waals surface area contributed by atoms with Crippen molar-refractivity contribution in [3.05, 3.63) is 196 Å². The lowest BCUT2D eigenvalue weighted by atomic mass is 9.77. The molecule has 51 heavy (non-hydrogen) atoms. The molecule has 8 nitrogen and oxygen atoms in total. The second-order valence-corrected chi connectivity index (χ2v) is 12.7. The predicted molar refractivity (Wildman–Crippen MR) is 200 cm³/mol. The molecule has 3 heterocycles. The van der Waals surface area contributed by atoms with Crippen molar-refractivity contribution in [2.45, 2.75) is 38.3 Å². The Morgan fingerprint density at radius 3 is 1.86 bits per heavy atom. The third kappa shape index (κ3) is 5.74. The van der Waals surface area contributed by atoms with Gasteiger partial charge in [0.2, 0.25) is 0 Å². The van der Waals surface area contributed by atoms with Crippen LogP contribution in [0.4, 0.5) is 0 Å². The zero-order valence-electron chi connectivity index (χ0n) is 28.4. The van der Waals surface area contributed by atoms with Crippen LogP contribution in [0.15, 0.2) is 163 Å². The molecule has 0 saturated carbocycles. The van der Waals surface area contributed by atoms with Crippen molar-refractivity contribution < 1.29 is 0 Å². The number of hydrogen-bond acceptors (Lipinski definition) is 5. The van der Waals surface area contributed by atoms with Gasteiger partial charge in [-0.15, -0.1) is 5.10 Å². The van der Waals surface area contributed by atoms with E-state index >= 15 is 0 Å². The van der Waals surface area contributed by atoms with E-state index in [4.69, 9.17) is 10.3 Å². The van der Waals surface area contributed by atoms with E-state index in [2.05, 4.69) is 137 Å². The van der Waals surface area contributed by atoms with Gasteiger partial charge in [-0.1, -0.05) is 153 Å². The zero-order chi connectivity index (χ0) is 34.6. The van der Waals surface area contributed by atoms with E-state index in [-0.39, 0.29) is 5.56 Å². The van der Waals surface area contributed by atoms with Crippen molar-refractivity contribution >= 4 is 5.65 Å². The SMILES string of the molecule is CCCCc1cc(=O)n2nccc2n1Cc1ccc(-c2ccccc2-c2nnnn2C(c2ccccc2)(c2ccccc2)c2ccccc2)cc1. The van der Waals surface area contributed by atoms with Crippen LogP contribution < -0.4 is 5.56 Å². The third-order valence-corrected chi connectivity index (χ3v) is 9.67. The number of unbranched alkanes of at least 4 members (excludes halogenated alkanes) is 1. The van der Waals surface area contributed by atoms with Gasteiger partial charge in [-0.25, -0.2) is 4.68 Å². The molecule has 0 amide bonds. The Labute approximate surface area is 296 Å². The van der Waals surface area contributed by atoms with Crippen molar-refractivity contribution in [3.8, 4) is 22.5 Å². The molecule has 0 aliphatic heterocycles.